The molecule has 0 fully saturated rings. The highest BCUT2D eigenvalue weighted by Gasteiger charge is 1.91. The van der Waals surface area contributed by atoms with Crippen molar-refractivity contribution in [1.29, 1.82) is 0 Å². The topological polar surface area (TPSA) is 26.0 Å². The molecule has 0 saturated carbocycles. The second-order valence-corrected chi connectivity index (χ2v) is 2.79. The molecule has 0 aromatic heterocycles. The lowest BCUT2D eigenvalue weighted by molar-refractivity contribution is 0.627. The van der Waals surface area contributed by atoms with Gasteiger partial charge in [0.15, 0.2) is 0 Å². The van der Waals surface area contributed by atoms with Crippen LogP contribution >= 0.6 is 0 Å². The highest BCUT2D eigenvalue weighted by Crippen LogP contribution is 2.00. The van der Waals surface area contributed by atoms with Crippen LogP contribution < -0.4 is 5.73 Å². The van der Waals surface area contributed by atoms with Gasteiger partial charge in [-0.3, -0.25) is 0 Å². The SMILES string of the molecule is CCC(N)C#Cc1ccc(F)cc1. The second-order valence-electron chi connectivity index (χ2n) is 2.79. The fraction of sp³-hybridized carbons (Fsp3) is 0.273. The van der Waals surface area contributed by atoms with E-state index in [2.05, 4.69) is 11.8 Å². The maximum atomic E-state index is 12.5. The summed E-state index contributed by atoms with van der Waals surface area (Å²) in [5, 5.41) is 0. The summed E-state index contributed by atoms with van der Waals surface area (Å²) in [4.78, 5) is 0. The fourth-order valence-electron chi connectivity index (χ4n) is 0.811. The Morgan fingerprint density at radius 2 is 2.00 bits per heavy atom. The van der Waals surface area contributed by atoms with Gasteiger partial charge in [-0.1, -0.05) is 18.8 Å². The van der Waals surface area contributed by atoms with Gasteiger partial charge in [-0.05, 0) is 30.7 Å². The van der Waals surface area contributed by atoms with Gasteiger partial charge in [0, 0.05) is 5.56 Å². The number of nitrogens with two attached hydrogens (primary N) is 1. The Labute approximate surface area is 77.8 Å². The van der Waals surface area contributed by atoms with Crippen LogP contribution in [-0.4, -0.2) is 6.04 Å². The van der Waals surface area contributed by atoms with Gasteiger partial charge in [0.2, 0.25) is 0 Å². The van der Waals surface area contributed by atoms with Crippen molar-refractivity contribution in [3.63, 3.8) is 0 Å². The number of hydrogen-bond acceptors (Lipinski definition) is 1. The van der Waals surface area contributed by atoms with Crippen molar-refractivity contribution in [1.82, 2.24) is 0 Å². The molecule has 0 aliphatic rings. The summed E-state index contributed by atoms with van der Waals surface area (Å²) in [6, 6.07) is 5.98. The molecular weight excluding hydrogens is 165 g/mol. The third kappa shape index (κ3) is 3.27. The van der Waals surface area contributed by atoms with E-state index in [0.717, 1.165) is 12.0 Å². The minimum atomic E-state index is -0.245. The Kier molecular flexibility index (Phi) is 3.48. The van der Waals surface area contributed by atoms with Gasteiger partial charge >= 0.3 is 0 Å². The minimum absolute atomic E-state index is 0.0925. The van der Waals surface area contributed by atoms with E-state index in [1.54, 1.807) is 12.1 Å². The summed E-state index contributed by atoms with van der Waals surface area (Å²) in [7, 11) is 0. The van der Waals surface area contributed by atoms with Crippen molar-refractivity contribution in [2.45, 2.75) is 19.4 Å². The molecule has 1 unspecified atom stereocenters. The summed E-state index contributed by atoms with van der Waals surface area (Å²) in [6.07, 6.45) is 0.828. The van der Waals surface area contributed by atoms with E-state index in [4.69, 9.17) is 5.73 Å². The largest absolute Gasteiger partial charge is 0.318 e. The third-order valence-electron chi connectivity index (χ3n) is 1.69. The summed E-state index contributed by atoms with van der Waals surface area (Å²) < 4.78 is 12.5. The normalized spacial score (nSPS) is 11.6. The standard InChI is InChI=1S/C11H12FN/c1-2-11(13)8-5-9-3-6-10(12)7-4-9/h3-4,6-7,11H,2,13H2,1H3. The lowest BCUT2D eigenvalue weighted by Gasteiger charge is -1.95. The van der Waals surface area contributed by atoms with Crippen LogP contribution in [0, 0.1) is 17.7 Å². The molecule has 0 aliphatic heterocycles. The second kappa shape index (κ2) is 4.64. The molecule has 0 radical (unpaired) electrons. The van der Waals surface area contributed by atoms with E-state index in [-0.39, 0.29) is 11.9 Å². The van der Waals surface area contributed by atoms with E-state index in [1.165, 1.54) is 12.1 Å². The Bertz CT molecular complexity index is 318. The number of rotatable bonds is 1. The predicted molar refractivity (Wildman–Crippen MR) is 51.5 cm³/mol. The van der Waals surface area contributed by atoms with Crippen LogP contribution in [0.5, 0.6) is 0 Å². The van der Waals surface area contributed by atoms with Crippen molar-refractivity contribution in [2.75, 3.05) is 0 Å². The van der Waals surface area contributed by atoms with Gasteiger partial charge in [-0.15, -0.1) is 0 Å². The molecule has 2 heteroatoms. The van der Waals surface area contributed by atoms with Crippen molar-refractivity contribution < 1.29 is 4.39 Å². The van der Waals surface area contributed by atoms with Crippen LogP contribution in [0.3, 0.4) is 0 Å². The van der Waals surface area contributed by atoms with Crippen molar-refractivity contribution >= 4 is 0 Å². The van der Waals surface area contributed by atoms with Crippen molar-refractivity contribution in [3.8, 4) is 11.8 Å². The first-order chi connectivity index (χ1) is 6.22. The molecule has 0 spiro atoms. The maximum Gasteiger partial charge on any atom is 0.123 e. The lowest BCUT2D eigenvalue weighted by Crippen LogP contribution is -2.15. The number of halogens is 1. The van der Waals surface area contributed by atoms with Crippen LogP contribution in [0.1, 0.15) is 18.9 Å². The Balaban J connectivity index is 2.72. The summed E-state index contributed by atoms with van der Waals surface area (Å²) in [5.74, 6) is 5.51. The Hall–Kier alpha value is -1.33. The Morgan fingerprint density at radius 3 is 2.54 bits per heavy atom. The molecule has 1 aromatic rings. The van der Waals surface area contributed by atoms with E-state index >= 15 is 0 Å². The first-order valence-electron chi connectivity index (χ1n) is 4.25. The Morgan fingerprint density at radius 1 is 1.38 bits per heavy atom. The maximum absolute atomic E-state index is 12.5. The smallest absolute Gasteiger partial charge is 0.123 e. The number of benzene rings is 1. The average molecular weight is 177 g/mol. The highest BCUT2D eigenvalue weighted by molar-refractivity contribution is 5.34. The summed E-state index contributed by atoms with van der Waals surface area (Å²) in [6.45, 7) is 1.98. The lowest BCUT2D eigenvalue weighted by atomic mass is 10.2. The van der Waals surface area contributed by atoms with Crippen LogP contribution in [0.4, 0.5) is 4.39 Å². The predicted octanol–water partition coefficient (Wildman–Crippen LogP) is 1.91. The van der Waals surface area contributed by atoms with Gasteiger partial charge in [0.05, 0.1) is 6.04 Å². The zero-order valence-corrected chi connectivity index (χ0v) is 7.55. The first-order valence-corrected chi connectivity index (χ1v) is 4.25. The number of hydrogen-bond donors (Lipinski definition) is 1. The minimum Gasteiger partial charge on any atom is -0.318 e. The molecule has 0 bridgehead atoms. The highest BCUT2D eigenvalue weighted by atomic mass is 19.1. The zero-order valence-electron chi connectivity index (χ0n) is 7.55. The van der Waals surface area contributed by atoms with Gasteiger partial charge < -0.3 is 5.73 Å². The molecule has 1 rings (SSSR count). The molecule has 0 amide bonds. The van der Waals surface area contributed by atoms with Crippen LogP contribution in [0.15, 0.2) is 24.3 Å². The molecule has 13 heavy (non-hydrogen) atoms. The fourth-order valence-corrected chi connectivity index (χ4v) is 0.811. The van der Waals surface area contributed by atoms with Gasteiger partial charge in [0.1, 0.15) is 5.82 Å². The molecule has 0 saturated heterocycles. The molecule has 0 aliphatic carbocycles. The van der Waals surface area contributed by atoms with Gasteiger partial charge in [-0.2, -0.15) is 0 Å². The third-order valence-corrected chi connectivity index (χ3v) is 1.69. The van der Waals surface area contributed by atoms with Crippen LogP contribution in [0.2, 0.25) is 0 Å². The van der Waals surface area contributed by atoms with Crippen molar-refractivity contribution in [2.24, 2.45) is 5.73 Å². The zero-order chi connectivity index (χ0) is 9.68. The monoisotopic (exact) mass is 177 g/mol. The quantitative estimate of drug-likeness (QED) is 0.651. The molecule has 1 nitrogen and oxygen atoms in total. The molecule has 0 heterocycles. The molecule has 2 N–H and O–H groups in total. The van der Waals surface area contributed by atoms with Gasteiger partial charge in [-0.25, -0.2) is 4.39 Å². The average Bonchev–Trinajstić information content (AvgIpc) is 2.16. The van der Waals surface area contributed by atoms with E-state index in [1.807, 2.05) is 6.92 Å². The molecule has 68 valence electrons. The van der Waals surface area contributed by atoms with E-state index in [0.29, 0.717) is 0 Å². The van der Waals surface area contributed by atoms with E-state index in [9.17, 15) is 4.39 Å². The van der Waals surface area contributed by atoms with Gasteiger partial charge in [0.25, 0.3) is 0 Å². The van der Waals surface area contributed by atoms with E-state index < -0.39 is 0 Å². The first kappa shape index (κ1) is 9.76. The molecular formula is C11H12FN. The summed E-state index contributed by atoms with van der Waals surface area (Å²) in [5.41, 5.74) is 6.40. The van der Waals surface area contributed by atoms with Crippen LogP contribution in [-0.2, 0) is 0 Å². The van der Waals surface area contributed by atoms with Crippen LogP contribution in [0.25, 0.3) is 0 Å². The molecule has 1 atom stereocenters. The molecule has 1 aromatic carbocycles. The van der Waals surface area contributed by atoms with Crippen molar-refractivity contribution in [3.05, 3.63) is 35.6 Å². The summed E-state index contributed by atoms with van der Waals surface area (Å²) >= 11 is 0.